The Hall–Kier alpha value is -0.845. The summed E-state index contributed by atoms with van der Waals surface area (Å²) in [5.74, 6) is 0.625. The van der Waals surface area contributed by atoms with Gasteiger partial charge in [-0.3, -0.25) is 5.10 Å². The fourth-order valence-corrected chi connectivity index (χ4v) is 2.83. The number of nitrogens with one attached hydrogen (secondary N) is 1. The van der Waals surface area contributed by atoms with Gasteiger partial charge in [0, 0.05) is 11.7 Å². The second-order valence-corrected chi connectivity index (χ2v) is 7.32. The van der Waals surface area contributed by atoms with Crippen LogP contribution in [-0.2, 0) is 14.0 Å². The normalized spacial score (nSPS) is 31.6. The first-order valence-electron chi connectivity index (χ1n) is 7.81. The molecule has 5 nitrogen and oxygen atoms in total. The topological polar surface area (TPSA) is 56.4 Å². The van der Waals surface area contributed by atoms with Crippen molar-refractivity contribution >= 4 is 12.6 Å². The highest BCUT2D eigenvalue weighted by molar-refractivity contribution is 6.62. The van der Waals surface area contributed by atoms with Crippen molar-refractivity contribution in [3.05, 3.63) is 11.9 Å². The Labute approximate surface area is 126 Å². The van der Waals surface area contributed by atoms with Gasteiger partial charge in [0.1, 0.15) is 6.10 Å². The van der Waals surface area contributed by atoms with Crippen molar-refractivity contribution in [3.63, 3.8) is 0 Å². The summed E-state index contributed by atoms with van der Waals surface area (Å²) in [5.41, 5.74) is 1.22. The maximum atomic E-state index is 6.12. The molecule has 0 aromatic carbocycles. The molecular formula is C15H25BN2O3. The fourth-order valence-electron chi connectivity index (χ4n) is 2.83. The molecule has 0 amide bonds. The number of hydrogen-bond donors (Lipinski definition) is 1. The fraction of sp³-hybridized carbons (Fsp3) is 0.800. The summed E-state index contributed by atoms with van der Waals surface area (Å²) in [6.07, 6.45) is 4.08. The van der Waals surface area contributed by atoms with Crippen LogP contribution in [0.1, 0.15) is 59.3 Å². The third-order valence-electron chi connectivity index (χ3n) is 5.02. The third-order valence-corrected chi connectivity index (χ3v) is 5.02. The van der Waals surface area contributed by atoms with Gasteiger partial charge in [-0.25, -0.2) is 0 Å². The summed E-state index contributed by atoms with van der Waals surface area (Å²) in [7, 11) is -0.383. The average Bonchev–Trinajstić information content (AvgIpc) is 2.94. The van der Waals surface area contributed by atoms with Gasteiger partial charge in [0.15, 0.2) is 0 Å². The number of ether oxygens (including phenoxy) is 1. The van der Waals surface area contributed by atoms with Crippen LogP contribution in [0.2, 0.25) is 0 Å². The zero-order valence-electron chi connectivity index (χ0n) is 13.6. The highest BCUT2D eigenvalue weighted by Gasteiger charge is 2.53. The zero-order chi connectivity index (χ0) is 15.3. The lowest BCUT2D eigenvalue weighted by Crippen LogP contribution is -2.41. The van der Waals surface area contributed by atoms with Crippen molar-refractivity contribution in [1.82, 2.24) is 10.2 Å². The van der Waals surface area contributed by atoms with Crippen LogP contribution in [0.3, 0.4) is 0 Å². The summed E-state index contributed by atoms with van der Waals surface area (Å²) in [6.45, 7) is 11.3. The van der Waals surface area contributed by atoms with Crippen LogP contribution in [0.4, 0.5) is 0 Å². The molecular weight excluding hydrogens is 267 g/mol. The lowest BCUT2D eigenvalue weighted by Gasteiger charge is -2.32. The summed E-state index contributed by atoms with van der Waals surface area (Å²) < 4.78 is 18.2. The van der Waals surface area contributed by atoms with E-state index in [2.05, 4.69) is 44.8 Å². The quantitative estimate of drug-likeness (QED) is 0.849. The van der Waals surface area contributed by atoms with Gasteiger partial charge in [-0.1, -0.05) is 6.92 Å². The monoisotopic (exact) mass is 292 g/mol. The van der Waals surface area contributed by atoms with Gasteiger partial charge in [-0.2, -0.15) is 5.10 Å². The van der Waals surface area contributed by atoms with Crippen LogP contribution in [0.25, 0.3) is 0 Å². The molecule has 3 heterocycles. The average molecular weight is 292 g/mol. The van der Waals surface area contributed by atoms with Crippen LogP contribution in [-0.4, -0.2) is 35.1 Å². The summed E-state index contributed by atoms with van der Waals surface area (Å²) in [6, 6.07) is 0. The maximum Gasteiger partial charge on any atom is 0.498 e. The minimum Gasteiger partial charge on any atom is -0.399 e. The molecule has 2 saturated heterocycles. The smallest absolute Gasteiger partial charge is 0.399 e. The lowest BCUT2D eigenvalue weighted by atomic mass is 9.77. The van der Waals surface area contributed by atoms with Crippen molar-refractivity contribution in [2.75, 3.05) is 6.61 Å². The maximum absolute atomic E-state index is 6.12. The molecule has 1 aromatic rings. The van der Waals surface area contributed by atoms with E-state index in [0.29, 0.717) is 5.92 Å². The molecule has 0 bridgehead atoms. The van der Waals surface area contributed by atoms with E-state index in [-0.39, 0.29) is 24.4 Å². The number of rotatable bonds is 2. The molecule has 0 spiro atoms. The van der Waals surface area contributed by atoms with E-state index in [1.165, 1.54) is 6.42 Å². The lowest BCUT2D eigenvalue weighted by molar-refractivity contribution is -0.0143. The molecule has 2 unspecified atom stereocenters. The SMILES string of the molecule is CC1CCC(c2n[nH]cc2B2OC(C)(C)C(C)(C)O2)OC1. The summed E-state index contributed by atoms with van der Waals surface area (Å²) in [5, 5.41) is 7.34. The molecule has 3 rings (SSSR count). The third kappa shape index (κ3) is 2.65. The molecule has 1 aromatic heterocycles. The summed E-state index contributed by atoms with van der Waals surface area (Å²) in [4.78, 5) is 0. The number of aromatic amines is 1. The van der Waals surface area contributed by atoms with Gasteiger partial charge in [0.05, 0.1) is 23.5 Å². The van der Waals surface area contributed by atoms with Crippen LogP contribution in [0, 0.1) is 5.92 Å². The van der Waals surface area contributed by atoms with Crippen molar-refractivity contribution in [2.24, 2.45) is 5.92 Å². The standard InChI is InChI=1S/C15H25BN2O3/c1-10-6-7-12(19-9-10)13-11(8-17-18-13)16-20-14(2,3)15(4,5)21-16/h8,10,12H,6-7,9H2,1-5H3,(H,17,18). The van der Waals surface area contributed by atoms with Crippen LogP contribution in [0.15, 0.2) is 6.20 Å². The number of H-pyrrole nitrogens is 1. The van der Waals surface area contributed by atoms with E-state index < -0.39 is 0 Å². The highest BCUT2D eigenvalue weighted by Crippen LogP contribution is 2.37. The molecule has 0 aliphatic carbocycles. The first kappa shape index (κ1) is 15.1. The second-order valence-electron chi connectivity index (χ2n) is 7.32. The van der Waals surface area contributed by atoms with Gasteiger partial charge in [-0.15, -0.1) is 0 Å². The van der Waals surface area contributed by atoms with Gasteiger partial charge in [0.2, 0.25) is 0 Å². The molecule has 2 fully saturated rings. The molecule has 2 aliphatic heterocycles. The number of nitrogens with zero attached hydrogens (tertiary/aromatic N) is 1. The van der Waals surface area contributed by atoms with E-state index >= 15 is 0 Å². The minimum absolute atomic E-state index is 0.0430. The summed E-state index contributed by atoms with van der Waals surface area (Å²) >= 11 is 0. The predicted molar refractivity (Wildman–Crippen MR) is 81.4 cm³/mol. The Kier molecular flexibility index (Phi) is 3.67. The first-order valence-corrected chi connectivity index (χ1v) is 7.81. The minimum atomic E-state index is -0.383. The Bertz CT molecular complexity index is 491. The Morgan fingerprint density at radius 2 is 1.86 bits per heavy atom. The van der Waals surface area contributed by atoms with E-state index in [4.69, 9.17) is 14.0 Å². The highest BCUT2D eigenvalue weighted by atomic mass is 16.7. The molecule has 21 heavy (non-hydrogen) atoms. The van der Waals surface area contributed by atoms with Crippen LogP contribution in [0.5, 0.6) is 0 Å². The van der Waals surface area contributed by atoms with E-state index in [0.717, 1.165) is 24.2 Å². The van der Waals surface area contributed by atoms with Crippen molar-refractivity contribution in [2.45, 2.75) is 64.8 Å². The molecule has 2 atom stereocenters. The van der Waals surface area contributed by atoms with Gasteiger partial charge in [0.25, 0.3) is 0 Å². The van der Waals surface area contributed by atoms with E-state index in [9.17, 15) is 0 Å². The van der Waals surface area contributed by atoms with E-state index in [1.807, 2.05) is 6.20 Å². The van der Waals surface area contributed by atoms with Crippen LogP contribution < -0.4 is 5.46 Å². The van der Waals surface area contributed by atoms with Crippen molar-refractivity contribution in [3.8, 4) is 0 Å². The molecule has 6 heteroatoms. The largest absolute Gasteiger partial charge is 0.498 e. The van der Waals surface area contributed by atoms with Gasteiger partial charge < -0.3 is 14.0 Å². The Morgan fingerprint density at radius 3 is 2.43 bits per heavy atom. The van der Waals surface area contributed by atoms with Gasteiger partial charge >= 0.3 is 7.12 Å². The molecule has 0 radical (unpaired) electrons. The van der Waals surface area contributed by atoms with Crippen molar-refractivity contribution in [1.29, 1.82) is 0 Å². The Balaban J connectivity index is 1.81. The zero-order valence-corrected chi connectivity index (χ0v) is 13.6. The van der Waals surface area contributed by atoms with Gasteiger partial charge in [-0.05, 0) is 46.5 Å². The second kappa shape index (κ2) is 5.11. The predicted octanol–water partition coefficient (Wildman–Crippen LogP) is 2.20. The number of aromatic nitrogens is 2. The molecule has 1 N–H and O–H groups in total. The molecule has 116 valence electrons. The Morgan fingerprint density at radius 1 is 1.19 bits per heavy atom. The van der Waals surface area contributed by atoms with Crippen molar-refractivity contribution < 1.29 is 14.0 Å². The molecule has 2 aliphatic rings. The van der Waals surface area contributed by atoms with E-state index in [1.54, 1.807) is 0 Å². The first-order chi connectivity index (χ1) is 9.80. The van der Waals surface area contributed by atoms with Crippen LogP contribution >= 0.6 is 0 Å². The number of hydrogen-bond acceptors (Lipinski definition) is 4. The molecule has 0 saturated carbocycles.